The van der Waals surface area contributed by atoms with E-state index >= 15 is 0 Å². The van der Waals surface area contributed by atoms with E-state index in [1.165, 1.54) is 7.11 Å². The largest absolute Gasteiger partial charge is 0.497 e. The molecule has 0 aromatic heterocycles. The number of benzene rings is 1. The summed E-state index contributed by atoms with van der Waals surface area (Å²) in [5.74, 6) is -9.61. The van der Waals surface area contributed by atoms with Gasteiger partial charge >= 0.3 is 24.6 Å². The van der Waals surface area contributed by atoms with E-state index in [4.69, 9.17) is 0 Å². The summed E-state index contributed by atoms with van der Waals surface area (Å²) in [6.45, 7) is 0. The van der Waals surface area contributed by atoms with Gasteiger partial charge in [0.15, 0.2) is 0 Å². The van der Waals surface area contributed by atoms with E-state index in [2.05, 4.69) is 4.74 Å². The topological polar surface area (TPSA) is 41.6 Å². The van der Waals surface area contributed by atoms with Crippen molar-refractivity contribution in [3.8, 4) is 5.75 Å². The number of anilines is 1. The summed E-state index contributed by atoms with van der Waals surface area (Å²) in [6, 6.07) is 3.57. The second-order valence-corrected chi connectivity index (χ2v) is 4.57. The van der Waals surface area contributed by atoms with Crippen LogP contribution in [-0.2, 0) is 4.79 Å². The third-order valence-electron chi connectivity index (χ3n) is 2.84. The molecular weight excluding hydrogens is 394 g/mol. The van der Waals surface area contributed by atoms with Crippen LogP contribution in [0.1, 0.15) is 0 Å². The molecule has 1 N–H and O–H groups in total. The van der Waals surface area contributed by atoms with Crippen LogP contribution in [0.4, 0.5) is 49.6 Å². The molecule has 0 heterocycles. The van der Waals surface area contributed by atoms with Crippen molar-refractivity contribution in [2.45, 2.75) is 24.6 Å². The monoisotopic (exact) mass is 402 g/mol. The number of carbonyl (C=O) groups excluding carboxylic acids is 1. The van der Waals surface area contributed by atoms with Crippen LogP contribution in [0.15, 0.2) is 24.3 Å². The van der Waals surface area contributed by atoms with Gasteiger partial charge in [-0.15, -0.1) is 0 Å². The van der Waals surface area contributed by atoms with Crippen LogP contribution in [0.2, 0.25) is 0 Å². The van der Waals surface area contributed by atoms with Crippen molar-refractivity contribution in [3.05, 3.63) is 24.3 Å². The van der Waals surface area contributed by atoms with Gasteiger partial charge in [0.1, 0.15) is 5.75 Å². The van der Waals surface area contributed by atoms with Crippen molar-refractivity contribution in [2.75, 3.05) is 12.4 Å². The molecule has 0 saturated heterocycles. The predicted octanol–water partition coefficient (Wildman–Crippen LogP) is 4.20. The van der Waals surface area contributed by atoms with Crippen LogP contribution in [-0.4, -0.2) is 42.5 Å². The quantitative estimate of drug-likeness (QED) is 0.607. The number of amides is 1. The Morgan fingerprint density at radius 2 is 1.31 bits per heavy atom. The highest BCUT2D eigenvalue weighted by molar-refractivity contribution is 5.97. The predicted molar refractivity (Wildman–Crippen MR) is 65.5 cm³/mol. The lowest BCUT2D eigenvalue weighted by Crippen LogP contribution is -2.70. The van der Waals surface area contributed by atoms with Crippen LogP contribution in [0.25, 0.3) is 0 Å². The molecule has 0 aliphatic heterocycles. The number of rotatable bonds is 4. The molecule has 0 unspecified atom stereocenters. The Morgan fingerprint density at radius 3 is 1.62 bits per heavy atom. The number of nitrogens with one attached hydrogen (secondary N) is 1. The van der Waals surface area contributed by atoms with E-state index in [9.17, 15) is 48.7 Å². The average Bonchev–Trinajstić information content (AvgIpc) is 2.43. The van der Waals surface area contributed by atoms with E-state index in [1.807, 2.05) is 0 Å². The van der Waals surface area contributed by atoms with E-state index in [1.54, 1.807) is 0 Å². The fourth-order valence-corrected chi connectivity index (χ4v) is 1.74. The highest BCUT2D eigenvalue weighted by atomic mass is 19.4. The molecule has 4 nitrogen and oxygen atoms in total. The van der Waals surface area contributed by atoms with Crippen LogP contribution < -0.4 is 10.1 Å². The summed E-state index contributed by atoms with van der Waals surface area (Å²) in [4.78, 5) is 8.04. The average molecular weight is 402 g/mol. The van der Waals surface area contributed by atoms with Gasteiger partial charge in [-0.2, -0.15) is 39.5 Å². The van der Waals surface area contributed by atoms with Crippen LogP contribution >= 0.6 is 0 Å². The number of hydrogen-bond acceptors (Lipinski definition) is 3. The summed E-state index contributed by atoms with van der Waals surface area (Å²) < 4.78 is 132. The summed E-state index contributed by atoms with van der Waals surface area (Å²) in [5, 5.41) is 1.03. The highest BCUT2D eigenvalue weighted by Crippen LogP contribution is 2.48. The molecule has 0 aliphatic carbocycles. The second-order valence-electron chi connectivity index (χ2n) is 4.57. The SMILES string of the molecule is COc1ccc(NC(=O)[C@@](F)(N(C(F)(F)F)C(F)(F)F)C(F)(F)F)cc1. The zero-order valence-corrected chi connectivity index (χ0v) is 12.4. The van der Waals surface area contributed by atoms with Gasteiger partial charge in [-0.25, -0.2) is 4.39 Å². The molecule has 0 aliphatic rings. The minimum Gasteiger partial charge on any atom is -0.497 e. The number of halogens is 10. The fourth-order valence-electron chi connectivity index (χ4n) is 1.74. The maximum atomic E-state index is 14.1. The fraction of sp³-hybridized carbons (Fsp3) is 0.417. The third kappa shape index (κ3) is 4.28. The molecule has 1 aromatic carbocycles. The maximum absolute atomic E-state index is 14.1. The standard InChI is InChI=1S/C12H8F10N2O2/c1-26-7-4-2-6(3-5-7)23-8(25)9(13,10(14,15)16)24(11(17,18)19)12(20,21)22/h2-5H,1H3,(H,23,25)/t9-/m1/s1. The number of alkyl halides is 10. The molecule has 26 heavy (non-hydrogen) atoms. The minimum atomic E-state index is -6.90. The van der Waals surface area contributed by atoms with Crippen LogP contribution in [0.5, 0.6) is 5.75 Å². The van der Waals surface area contributed by atoms with Gasteiger partial charge < -0.3 is 10.1 Å². The molecule has 14 heteroatoms. The van der Waals surface area contributed by atoms with E-state index in [0.717, 1.165) is 29.6 Å². The summed E-state index contributed by atoms with van der Waals surface area (Å²) in [7, 11) is 1.17. The van der Waals surface area contributed by atoms with Gasteiger partial charge in [0.05, 0.1) is 7.11 Å². The first-order chi connectivity index (χ1) is 11.5. The molecule has 0 radical (unpaired) electrons. The van der Waals surface area contributed by atoms with Crippen molar-refractivity contribution in [1.29, 1.82) is 0 Å². The zero-order valence-electron chi connectivity index (χ0n) is 12.4. The Labute approximate surface area is 138 Å². The molecule has 1 amide bonds. The van der Waals surface area contributed by atoms with Gasteiger partial charge in [-0.1, -0.05) is 4.90 Å². The maximum Gasteiger partial charge on any atom is 0.470 e. The van der Waals surface area contributed by atoms with E-state index < -0.39 is 41.1 Å². The van der Waals surface area contributed by atoms with Crippen molar-refractivity contribution >= 4 is 11.6 Å². The molecule has 1 atom stereocenters. The van der Waals surface area contributed by atoms with Gasteiger partial charge in [0, 0.05) is 5.69 Å². The van der Waals surface area contributed by atoms with Crippen molar-refractivity contribution in [1.82, 2.24) is 4.90 Å². The van der Waals surface area contributed by atoms with Gasteiger partial charge in [0.25, 0.3) is 5.91 Å². The Balaban J connectivity index is 3.40. The second kappa shape index (κ2) is 6.81. The minimum absolute atomic E-state index is 0.0949. The van der Waals surface area contributed by atoms with Crippen molar-refractivity contribution in [2.24, 2.45) is 0 Å². The lowest BCUT2D eigenvalue weighted by Gasteiger charge is -2.38. The molecule has 1 aromatic rings. The number of ether oxygens (including phenoxy) is 1. The Bertz CT molecular complexity index is 623. The van der Waals surface area contributed by atoms with Gasteiger partial charge in [-0.3, -0.25) is 4.79 Å². The van der Waals surface area contributed by atoms with Crippen molar-refractivity contribution < 1.29 is 53.4 Å². The number of hydrogen-bond donors (Lipinski definition) is 1. The molecule has 0 bridgehead atoms. The van der Waals surface area contributed by atoms with Crippen LogP contribution in [0.3, 0.4) is 0 Å². The number of carbonyl (C=O) groups is 1. The van der Waals surface area contributed by atoms with Crippen LogP contribution in [0, 0.1) is 0 Å². The Morgan fingerprint density at radius 1 is 0.885 bits per heavy atom. The molecule has 0 saturated carbocycles. The Kier molecular flexibility index (Phi) is 5.71. The first-order valence-electron chi connectivity index (χ1n) is 6.20. The molecule has 1 rings (SSSR count). The highest BCUT2D eigenvalue weighted by Gasteiger charge is 2.78. The molecule has 0 fully saturated rings. The Hall–Kier alpha value is -2.25. The summed E-state index contributed by atoms with van der Waals surface area (Å²) in [6.07, 6.45) is -20.7. The zero-order chi connectivity index (χ0) is 20.6. The lowest BCUT2D eigenvalue weighted by atomic mass is 10.1. The van der Waals surface area contributed by atoms with Gasteiger partial charge in [0.2, 0.25) is 0 Å². The molecule has 0 spiro atoms. The summed E-state index contributed by atoms with van der Waals surface area (Å²) in [5.41, 5.74) is -0.702. The first kappa shape index (κ1) is 21.8. The number of nitrogens with zero attached hydrogens (tertiary/aromatic N) is 1. The first-order valence-corrected chi connectivity index (χ1v) is 6.20. The summed E-state index contributed by atoms with van der Waals surface area (Å²) >= 11 is 0. The number of methoxy groups -OCH3 is 1. The smallest absolute Gasteiger partial charge is 0.470 e. The van der Waals surface area contributed by atoms with Gasteiger partial charge in [-0.05, 0) is 24.3 Å². The van der Waals surface area contributed by atoms with E-state index in [-0.39, 0.29) is 5.75 Å². The lowest BCUT2D eigenvalue weighted by molar-refractivity contribution is -0.443. The third-order valence-corrected chi connectivity index (χ3v) is 2.84. The normalized spacial score (nSPS) is 15.5. The molecule has 148 valence electrons. The molecular formula is C12H8F10N2O2. The van der Waals surface area contributed by atoms with Crippen molar-refractivity contribution in [3.63, 3.8) is 0 Å². The van der Waals surface area contributed by atoms with E-state index in [0.29, 0.717) is 0 Å².